The molecule has 0 aromatic rings. The largest absolute Gasteiger partial charge is 0.393 e. The molecule has 5 aliphatic rings. The summed E-state index contributed by atoms with van der Waals surface area (Å²) in [5.74, 6) is 1.59. The van der Waals surface area contributed by atoms with Crippen molar-refractivity contribution >= 4 is 0 Å². The Bertz CT molecular complexity index is 817. The molecule has 1 aliphatic heterocycles. The number of rotatable bonds is 2. The van der Waals surface area contributed by atoms with Gasteiger partial charge >= 0.3 is 0 Å². The first-order valence-electron chi connectivity index (χ1n) is 14.3. The van der Waals surface area contributed by atoms with Gasteiger partial charge in [0.05, 0.1) is 29.5 Å². The lowest BCUT2D eigenvalue weighted by atomic mass is 9.35. The first-order chi connectivity index (χ1) is 15.5. The quantitative estimate of drug-likeness (QED) is 0.477. The summed E-state index contributed by atoms with van der Waals surface area (Å²) in [6, 6.07) is 0. The van der Waals surface area contributed by atoms with Crippen LogP contribution < -0.4 is 0 Å². The summed E-state index contributed by atoms with van der Waals surface area (Å²) in [4.78, 5) is 0. The van der Waals surface area contributed by atoms with Crippen molar-refractivity contribution in [3.05, 3.63) is 0 Å². The molecule has 34 heavy (non-hydrogen) atoms. The van der Waals surface area contributed by atoms with Gasteiger partial charge in [-0.3, -0.25) is 0 Å². The van der Waals surface area contributed by atoms with Gasteiger partial charge in [0.15, 0.2) is 0 Å². The Labute approximate surface area is 208 Å². The van der Waals surface area contributed by atoms with Crippen molar-refractivity contribution in [3.63, 3.8) is 0 Å². The Morgan fingerprint density at radius 3 is 2.03 bits per heavy atom. The van der Waals surface area contributed by atoms with Crippen molar-refractivity contribution in [2.75, 3.05) is 0 Å². The van der Waals surface area contributed by atoms with Crippen LogP contribution in [0.1, 0.15) is 113 Å². The molecule has 4 saturated carbocycles. The molecule has 4 aliphatic carbocycles. The summed E-state index contributed by atoms with van der Waals surface area (Å²) < 4.78 is 6.66. The predicted molar refractivity (Wildman–Crippen MR) is 135 cm³/mol. The second-order valence-corrected chi connectivity index (χ2v) is 15.4. The second-order valence-electron chi connectivity index (χ2n) is 15.4. The molecule has 4 unspecified atom stereocenters. The Morgan fingerprint density at radius 2 is 1.41 bits per heavy atom. The highest BCUT2D eigenvalue weighted by Crippen LogP contribution is 2.76. The summed E-state index contributed by atoms with van der Waals surface area (Å²) in [5.41, 5.74) is -0.703. The van der Waals surface area contributed by atoms with E-state index in [-0.39, 0.29) is 51.5 Å². The fourth-order valence-corrected chi connectivity index (χ4v) is 11.1. The Morgan fingerprint density at radius 1 is 0.765 bits per heavy atom. The van der Waals surface area contributed by atoms with Gasteiger partial charge in [-0.2, -0.15) is 0 Å². The molecular weight excluding hydrogens is 424 g/mol. The van der Waals surface area contributed by atoms with E-state index >= 15 is 0 Å². The van der Waals surface area contributed by atoms with Crippen LogP contribution in [-0.2, 0) is 4.74 Å². The van der Waals surface area contributed by atoms with E-state index in [2.05, 4.69) is 41.5 Å². The minimum absolute atomic E-state index is 0.0630. The van der Waals surface area contributed by atoms with Gasteiger partial charge in [0, 0.05) is 0 Å². The summed E-state index contributed by atoms with van der Waals surface area (Å²) in [6.07, 6.45) is 8.72. The molecule has 11 atom stereocenters. The third kappa shape index (κ3) is 3.16. The third-order valence-corrected chi connectivity index (χ3v) is 13.3. The third-order valence-electron chi connectivity index (χ3n) is 13.3. The van der Waals surface area contributed by atoms with Gasteiger partial charge in [0.25, 0.3) is 0 Å². The van der Waals surface area contributed by atoms with E-state index in [0.717, 1.165) is 44.9 Å². The highest BCUT2D eigenvalue weighted by Gasteiger charge is 2.71. The number of aliphatic hydroxyl groups is 3. The van der Waals surface area contributed by atoms with E-state index in [1.807, 2.05) is 13.8 Å². The van der Waals surface area contributed by atoms with Crippen molar-refractivity contribution in [2.45, 2.75) is 143 Å². The Balaban J connectivity index is 1.48. The molecule has 0 bridgehead atoms. The molecule has 0 spiro atoms. The molecule has 4 nitrogen and oxygen atoms in total. The van der Waals surface area contributed by atoms with Crippen molar-refractivity contribution in [2.24, 2.45) is 45.3 Å². The second kappa shape index (κ2) is 7.45. The van der Waals surface area contributed by atoms with Crippen LogP contribution in [0.5, 0.6) is 0 Å². The van der Waals surface area contributed by atoms with Crippen molar-refractivity contribution in [1.29, 1.82) is 0 Å². The van der Waals surface area contributed by atoms with Gasteiger partial charge in [0.2, 0.25) is 0 Å². The Hall–Kier alpha value is -0.160. The van der Waals surface area contributed by atoms with E-state index in [4.69, 9.17) is 4.74 Å². The summed E-state index contributed by atoms with van der Waals surface area (Å²) in [7, 11) is 0. The summed E-state index contributed by atoms with van der Waals surface area (Å²) >= 11 is 0. The topological polar surface area (TPSA) is 69.9 Å². The summed E-state index contributed by atoms with van der Waals surface area (Å²) in [6.45, 7) is 18.1. The fraction of sp³-hybridized carbons (Fsp3) is 1.00. The molecule has 3 N–H and O–H groups in total. The highest BCUT2D eigenvalue weighted by molar-refractivity contribution is 5.20. The van der Waals surface area contributed by atoms with Crippen molar-refractivity contribution in [3.8, 4) is 0 Å². The number of ether oxygens (including phenoxy) is 1. The molecular formula is C30H52O4. The maximum absolute atomic E-state index is 11.9. The van der Waals surface area contributed by atoms with E-state index in [0.29, 0.717) is 17.8 Å². The van der Waals surface area contributed by atoms with Gasteiger partial charge in [-0.1, -0.05) is 34.6 Å². The zero-order chi connectivity index (χ0) is 25.1. The average molecular weight is 477 g/mol. The minimum atomic E-state index is -0.826. The monoisotopic (exact) mass is 476 g/mol. The average Bonchev–Trinajstić information content (AvgIpc) is 3.30. The maximum Gasteiger partial charge on any atom is 0.0865 e. The van der Waals surface area contributed by atoms with Crippen LogP contribution in [0.25, 0.3) is 0 Å². The van der Waals surface area contributed by atoms with E-state index in [9.17, 15) is 15.3 Å². The van der Waals surface area contributed by atoms with Crippen LogP contribution in [-0.4, -0.2) is 44.8 Å². The zero-order valence-corrected chi connectivity index (χ0v) is 23.2. The van der Waals surface area contributed by atoms with Crippen LogP contribution >= 0.6 is 0 Å². The first-order valence-corrected chi connectivity index (χ1v) is 14.3. The molecule has 4 heteroatoms. The molecule has 5 fully saturated rings. The van der Waals surface area contributed by atoms with Crippen LogP contribution in [0.3, 0.4) is 0 Å². The van der Waals surface area contributed by atoms with Gasteiger partial charge in [-0.05, 0) is 124 Å². The van der Waals surface area contributed by atoms with Crippen LogP contribution in [0, 0.1) is 45.3 Å². The van der Waals surface area contributed by atoms with Crippen LogP contribution in [0.4, 0.5) is 0 Å². The van der Waals surface area contributed by atoms with Crippen molar-refractivity contribution in [1.82, 2.24) is 0 Å². The molecule has 1 heterocycles. The number of hydrogen-bond donors (Lipinski definition) is 3. The van der Waals surface area contributed by atoms with E-state index in [1.54, 1.807) is 0 Å². The van der Waals surface area contributed by atoms with Gasteiger partial charge < -0.3 is 20.1 Å². The molecule has 0 aromatic heterocycles. The van der Waals surface area contributed by atoms with Gasteiger partial charge in [-0.15, -0.1) is 0 Å². The molecule has 0 aromatic carbocycles. The van der Waals surface area contributed by atoms with Crippen molar-refractivity contribution < 1.29 is 20.1 Å². The fourth-order valence-electron chi connectivity index (χ4n) is 11.1. The lowest BCUT2D eigenvalue weighted by Crippen LogP contribution is -2.66. The molecule has 1 saturated heterocycles. The van der Waals surface area contributed by atoms with Gasteiger partial charge in [0.1, 0.15) is 0 Å². The summed E-state index contributed by atoms with van der Waals surface area (Å²) in [5, 5.41) is 33.4. The number of hydrogen-bond acceptors (Lipinski definition) is 4. The van der Waals surface area contributed by atoms with E-state index in [1.165, 1.54) is 12.8 Å². The smallest absolute Gasteiger partial charge is 0.0865 e. The van der Waals surface area contributed by atoms with Gasteiger partial charge in [-0.25, -0.2) is 0 Å². The molecule has 0 radical (unpaired) electrons. The van der Waals surface area contributed by atoms with E-state index < -0.39 is 5.60 Å². The predicted octanol–water partition coefficient (Wildman–Crippen LogP) is 5.71. The number of fused-ring (bicyclic) bond motifs is 5. The molecule has 5 rings (SSSR count). The van der Waals surface area contributed by atoms with Crippen LogP contribution in [0.2, 0.25) is 0 Å². The molecule has 196 valence electrons. The molecule has 0 amide bonds. The first kappa shape index (κ1) is 25.5. The minimum Gasteiger partial charge on any atom is -0.393 e. The standard InChI is InChI=1S/C30H52O4/c1-25(2)20-10-15-28(6)21(27(20,5)13-11-22(25)32)17-19(31)24-18(9-14-29(24,28)7)30(8)16-12-23(34-30)26(3,4)33/h18-24,31-33H,9-17H2,1-8H3/t18-,19+,20?,21?,22+,23-,24?,27-,28+,29+,30?/m0/s1. The zero-order valence-electron chi connectivity index (χ0n) is 23.2. The SMILES string of the molecule is CC(C)(O)[C@@H]1CCC(C)([C@H]2CC[C@]3(C)C2[C@H](O)CC2[C@@]4(C)CC[C@@H](O)C(C)(C)C4CC[C@]23C)O1. The van der Waals surface area contributed by atoms with Crippen LogP contribution in [0.15, 0.2) is 0 Å². The number of aliphatic hydroxyl groups excluding tert-OH is 2. The highest BCUT2D eigenvalue weighted by atomic mass is 16.5. The lowest BCUT2D eigenvalue weighted by molar-refractivity contribution is -0.248. The maximum atomic E-state index is 11.9. The lowest BCUT2D eigenvalue weighted by Gasteiger charge is -2.70. The normalized spacial score (nSPS) is 57.1. The Kier molecular flexibility index (Phi) is 5.59.